The number of aromatic nitrogens is 1. The van der Waals surface area contributed by atoms with Gasteiger partial charge in [0, 0.05) is 44.3 Å². The Balaban J connectivity index is 0.000000521. The Morgan fingerprint density at radius 2 is 1.67 bits per heavy atom. The molecule has 4 heteroatoms. The number of hydrogen-bond donors (Lipinski definition) is 1. The van der Waals surface area contributed by atoms with Crippen molar-refractivity contribution in [3.05, 3.63) is 36.0 Å². The maximum Gasteiger partial charge on any atom is 0.141 e. The molecule has 2 heterocycles. The molecule has 0 radical (unpaired) electrons. The molecule has 0 aliphatic carbocycles. The van der Waals surface area contributed by atoms with Gasteiger partial charge in [-0.15, -0.1) is 0 Å². The molecule has 1 aliphatic rings. The van der Waals surface area contributed by atoms with Gasteiger partial charge < -0.3 is 10.0 Å². The lowest BCUT2D eigenvalue weighted by atomic mass is 10.1. The van der Waals surface area contributed by atoms with E-state index in [0.29, 0.717) is 5.52 Å². The Bertz CT molecular complexity index is 592. The van der Waals surface area contributed by atoms with Gasteiger partial charge >= 0.3 is 0 Å². The molecule has 1 aromatic carbocycles. The maximum atomic E-state index is 9.85. The summed E-state index contributed by atoms with van der Waals surface area (Å²) in [6.45, 7) is 13.6. The summed E-state index contributed by atoms with van der Waals surface area (Å²) in [5.74, 6) is 0.262. The number of aromatic hydroxyl groups is 1. The van der Waals surface area contributed by atoms with Crippen LogP contribution in [0.1, 0.15) is 39.7 Å². The molecule has 0 spiro atoms. The van der Waals surface area contributed by atoms with Crippen LogP contribution < -0.4 is 0 Å². The first-order chi connectivity index (χ1) is 11.7. The predicted molar refractivity (Wildman–Crippen MR) is 103 cm³/mol. The van der Waals surface area contributed by atoms with Crippen molar-refractivity contribution in [3.8, 4) is 5.75 Å². The van der Waals surface area contributed by atoms with Gasteiger partial charge in [0.2, 0.25) is 0 Å². The van der Waals surface area contributed by atoms with E-state index < -0.39 is 0 Å². The summed E-state index contributed by atoms with van der Waals surface area (Å²) < 4.78 is 0. The number of rotatable bonds is 2. The third kappa shape index (κ3) is 5.77. The van der Waals surface area contributed by atoms with Crippen LogP contribution in [0.4, 0.5) is 0 Å². The normalized spacial score (nSPS) is 15.2. The van der Waals surface area contributed by atoms with Crippen molar-refractivity contribution < 1.29 is 5.11 Å². The highest BCUT2D eigenvalue weighted by Crippen LogP contribution is 2.26. The Hall–Kier alpha value is -1.65. The van der Waals surface area contributed by atoms with Crippen molar-refractivity contribution in [1.82, 2.24) is 14.8 Å². The minimum absolute atomic E-state index is 0.262. The Morgan fingerprint density at radius 3 is 2.29 bits per heavy atom. The van der Waals surface area contributed by atoms with E-state index in [1.165, 1.54) is 12.0 Å². The van der Waals surface area contributed by atoms with Gasteiger partial charge in [0.05, 0.1) is 0 Å². The van der Waals surface area contributed by atoms with Gasteiger partial charge in [-0.25, -0.2) is 0 Å². The van der Waals surface area contributed by atoms with Crippen LogP contribution in [0.3, 0.4) is 0 Å². The van der Waals surface area contributed by atoms with E-state index in [9.17, 15) is 5.11 Å². The number of phenols is 1. The summed E-state index contributed by atoms with van der Waals surface area (Å²) in [6, 6.07) is 7.72. The SMILES string of the molecule is CC.CCC.CN1CCN(Cc2ccc(O)c3ncccc23)CC1. The van der Waals surface area contributed by atoms with Gasteiger partial charge in [-0.2, -0.15) is 0 Å². The lowest BCUT2D eigenvalue weighted by Gasteiger charge is -2.32. The average molecular weight is 332 g/mol. The number of nitrogens with zero attached hydrogens (tertiary/aromatic N) is 3. The van der Waals surface area contributed by atoms with Crippen LogP contribution in [0.2, 0.25) is 0 Å². The van der Waals surface area contributed by atoms with Crippen molar-refractivity contribution in [2.45, 2.75) is 40.7 Å². The number of phenolic OH excluding ortho intramolecular Hbond substituents is 1. The van der Waals surface area contributed by atoms with Crippen LogP contribution in [-0.2, 0) is 6.54 Å². The molecule has 1 fully saturated rings. The number of likely N-dealkylation sites (N-methyl/N-ethyl adjacent to an activating group) is 1. The molecule has 24 heavy (non-hydrogen) atoms. The van der Waals surface area contributed by atoms with Gasteiger partial charge in [0.25, 0.3) is 0 Å². The van der Waals surface area contributed by atoms with Crippen LogP contribution in [0.15, 0.2) is 30.5 Å². The second-order valence-corrected chi connectivity index (χ2v) is 5.93. The fourth-order valence-electron chi connectivity index (χ4n) is 2.60. The second kappa shape index (κ2) is 11.0. The predicted octanol–water partition coefficient (Wildman–Crippen LogP) is 4.13. The zero-order valence-corrected chi connectivity index (χ0v) is 15.9. The highest BCUT2D eigenvalue weighted by molar-refractivity contribution is 5.87. The van der Waals surface area contributed by atoms with Gasteiger partial charge in [0.1, 0.15) is 11.3 Å². The van der Waals surface area contributed by atoms with Crippen LogP contribution in [0.25, 0.3) is 10.9 Å². The minimum Gasteiger partial charge on any atom is -0.506 e. The molecule has 1 aromatic heterocycles. The van der Waals surface area contributed by atoms with Crippen molar-refractivity contribution in [3.63, 3.8) is 0 Å². The fourth-order valence-corrected chi connectivity index (χ4v) is 2.60. The molecule has 3 rings (SSSR count). The number of fused-ring (bicyclic) bond motifs is 1. The molecule has 0 saturated carbocycles. The van der Waals surface area contributed by atoms with Crippen LogP contribution >= 0.6 is 0 Å². The van der Waals surface area contributed by atoms with Crippen LogP contribution in [0, 0.1) is 0 Å². The standard InChI is InChI=1S/C15H19N3O.C3H8.C2H6/c1-17-7-9-18(10-8-17)11-12-4-5-14(19)15-13(12)3-2-6-16-15;1-3-2;1-2/h2-6,19H,7-11H2,1H3;3H2,1-2H3;1-2H3. The quantitative estimate of drug-likeness (QED) is 0.898. The topological polar surface area (TPSA) is 39.6 Å². The lowest BCUT2D eigenvalue weighted by Crippen LogP contribution is -2.43. The molecule has 0 bridgehead atoms. The smallest absolute Gasteiger partial charge is 0.141 e. The highest BCUT2D eigenvalue weighted by atomic mass is 16.3. The molecule has 134 valence electrons. The largest absolute Gasteiger partial charge is 0.506 e. The average Bonchev–Trinajstić information content (AvgIpc) is 2.62. The lowest BCUT2D eigenvalue weighted by molar-refractivity contribution is 0.148. The first-order valence-electron chi connectivity index (χ1n) is 9.12. The molecular weight excluding hydrogens is 298 g/mol. The molecule has 2 aromatic rings. The summed E-state index contributed by atoms with van der Waals surface area (Å²) in [4.78, 5) is 9.08. The van der Waals surface area contributed by atoms with E-state index in [1.807, 2.05) is 32.0 Å². The molecule has 1 aliphatic heterocycles. The first-order valence-corrected chi connectivity index (χ1v) is 9.12. The number of benzene rings is 1. The summed E-state index contributed by atoms with van der Waals surface area (Å²) >= 11 is 0. The van der Waals surface area contributed by atoms with Crippen molar-refractivity contribution in [2.24, 2.45) is 0 Å². The van der Waals surface area contributed by atoms with E-state index in [0.717, 1.165) is 38.1 Å². The second-order valence-electron chi connectivity index (χ2n) is 5.93. The van der Waals surface area contributed by atoms with Crippen molar-refractivity contribution >= 4 is 10.9 Å². The number of pyridine rings is 1. The molecule has 0 atom stereocenters. The molecule has 1 N–H and O–H groups in total. The van der Waals surface area contributed by atoms with Gasteiger partial charge in [-0.05, 0) is 24.7 Å². The number of hydrogen-bond acceptors (Lipinski definition) is 4. The fraction of sp³-hybridized carbons (Fsp3) is 0.550. The maximum absolute atomic E-state index is 9.85. The van der Waals surface area contributed by atoms with Crippen molar-refractivity contribution in [1.29, 1.82) is 0 Å². The summed E-state index contributed by atoms with van der Waals surface area (Å²) in [6.07, 6.45) is 2.97. The van der Waals surface area contributed by atoms with Gasteiger partial charge in [0.15, 0.2) is 0 Å². The molecular formula is C20H33N3O. The van der Waals surface area contributed by atoms with E-state index in [2.05, 4.69) is 35.7 Å². The van der Waals surface area contributed by atoms with Gasteiger partial charge in [-0.1, -0.05) is 46.2 Å². The third-order valence-corrected chi connectivity index (χ3v) is 3.83. The van der Waals surface area contributed by atoms with Crippen molar-refractivity contribution in [2.75, 3.05) is 33.2 Å². The summed E-state index contributed by atoms with van der Waals surface area (Å²) in [5.41, 5.74) is 1.94. The van der Waals surface area contributed by atoms with E-state index in [-0.39, 0.29) is 5.75 Å². The zero-order valence-electron chi connectivity index (χ0n) is 15.9. The first kappa shape index (κ1) is 20.4. The zero-order chi connectivity index (χ0) is 17.9. The van der Waals surface area contributed by atoms with Gasteiger partial charge in [-0.3, -0.25) is 9.88 Å². The molecule has 0 unspecified atom stereocenters. The monoisotopic (exact) mass is 331 g/mol. The minimum atomic E-state index is 0.262. The van der Waals surface area contributed by atoms with Crippen LogP contribution in [0.5, 0.6) is 5.75 Å². The highest BCUT2D eigenvalue weighted by Gasteiger charge is 2.15. The molecule has 4 nitrogen and oxygen atoms in total. The van der Waals surface area contributed by atoms with Crippen LogP contribution in [-0.4, -0.2) is 53.1 Å². The van der Waals surface area contributed by atoms with E-state index in [4.69, 9.17) is 0 Å². The Morgan fingerprint density at radius 1 is 1.04 bits per heavy atom. The Kier molecular flexibility index (Phi) is 9.35. The van der Waals surface area contributed by atoms with E-state index in [1.54, 1.807) is 12.3 Å². The summed E-state index contributed by atoms with van der Waals surface area (Å²) in [7, 11) is 2.16. The molecule has 0 amide bonds. The van der Waals surface area contributed by atoms with E-state index >= 15 is 0 Å². The Labute approximate surface area is 147 Å². The third-order valence-electron chi connectivity index (χ3n) is 3.83. The number of piperazine rings is 1. The summed E-state index contributed by atoms with van der Waals surface area (Å²) in [5, 5.41) is 10.9. The molecule has 1 saturated heterocycles.